The van der Waals surface area contributed by atoms with E-state index < -0.39 is 5.97 Å². The van der Waals surface area contributed by atoms with Crippen LogP contribution in [0.25, 0.3) is 0 Å². The van der Waals surface area contributed by atoms with Gasteiger partial charge in [-0.05, 0) is 18.6 Å². The first-order valence-electron chi connectivity index (χ1n) is 7.01. The van der Waals surface area contributed by atoms with Crippen molar-refractivity contribution in [2.24, 2.45) is 0 Å². The molecular formula is C15H22N2O3. The lowest BCUT2D eigenvalue weighted by molar-refractivity contribution is -0.143. The topological polar surface area (TPSA) is 53.0 Å². The van der Waals surface area contributed by atoms with E-state index in [9.17, 15) is 9.90 Å². The first-order valence-corrected chi connectivity index (χ1v) is 7.01. The molecule has 1 fully saturated rings. The highest BCUT2D eigenvalue weighted by atomic mass is 16.5. The molecule has 110 valence electrons. The molecular weight excluding hydrogens is 256 g/mol. The molecule has 20 heavy (non-hydrogen) atoms. The smallest absolute Gasteiger partial charge is 0.320 e. The Bertz CT molecular complexity index is 456. The van der Waals surface area contributed by atoms with E-state index in [0.717, 1.165) is 37.6 Å². The van der Waals surface area contributed by atoms with Crippen molar-refractivity contribution in [3.63, 3.8) is 0 Å². The van der Waals surface area contributed by atoms with Gasteiger partial charge < -0.3 is 14.7 Å². The van der Waals surface area contributed by atoms with Gasteiger partial charge >= 0.3 is 5.97 Å². The summed E-state index contributed by atoms with van der Waals surface area (Å²) in [5.74, 6) is 0.129. The number of benzene rings is 1. The number of hydrogen-bond acceptors (Lipinski definition) is 4. The van der Waals surface area contributed by atoms with E-state index >= 15 is 0 Å². The van der Waals surface area contributed by atoms with E-state index in [-0.39, 0.29) is 6.04 Å². The average molecular weight is 278 g/mol. The number of anilines is 1. The van der Waals surface area contributed by atoms with Gasteiger partial charge in [0.15, 0.2) is 0 Å². The fourth-order valence-corrected chi connectivity index (χ4v) is 2.69. The molecule has 0 aromatic heterocycles. The van der Waals surface area contributed by atoms with Crippen LogP contribution in [-0.2, 0) is 4.79 Å². The van der Waals surface area contributed by atoms with Gasteiger partial charge in [0.1, 0.15) is 11.8 Å². The highest BCUT2D eigenvalue weighted by molar-refractivity contribution is 5.73. The second kappa shape index (κ2) is 6.61. The molecule has 1 N–H and O–H groups in total. The van der Waals surface area contributed by atoms with Crippen molar-refractivity contribution in [2.75, 3.05) is 38.2 Å². The van der Waals surface area contributed by atoms with Gasteiger partial charge in [-0.3, -0.25) is 9.69 Å². The third kappa shape index (κ3) is 3.22. The molecule has 1 aliphatic rings. The van der Waals surface area contributed by atoms with Crippen molar-refractivity contribution in [2.45, 2.75) is 19.4 Å². The van der Waals surface area contributed by atoms with Crippen LogP contribution in [-0.4, -0.2) is 55.3 Å². The number of carboxylic acid groups (broad SMARTS) is 1. The molecule has 2 rings (SSSR count). The van der Waals surface area contributed by atoms with Gasteiger partial charge in [0.05, 0.1) is 7.11 Å². The number of aliphatic carboxylic acids is 1. The normalized spacial score (nSPS) is 17.8. The second-order valence-corrected chi connectivity index (χ2v) is 4.99. The van der Waals surface area contributed by atoms with Crippen LogP contribution in [0.5, 0.6) is 5.75 Å². The van der Waals surface area contributed by atoms with Gasteiger partial charge in [-0.15, -0.1) is 0 Å². The first kappa shape index (κ1) is 14.7. The van der Waals surface area contributed by atoms with Gasteiger partial charge in [-0.2, -0.15) is 0 Å². The predicted molar refractivity (Wildman–Crippen MR) is 78.5 cm³/mol. The molecule has 0 saturated carbocycles. The highest BCUT2D eigenvalue weighted by Gasteiger charge is 2.27. The third-order valence-electron chi connectivity index (χ3n) is 3.85. The van der Waals surface area contributed by atoms with Gasteiger partial charge in [0, 0.05) is 37.9 Å². The Morgan fingerprint density at radius 1 is 1.35 bits per heavy atom. The van der Waals surface area contributed by atoms with E-state index in [4.69, 9.17) is 4.74 Å². The molecule has 1 aliphatic heterocycles. The van der Waals surface area contributed by atoms with Crippen molar-refractivity contribution in [1.82, 2.24) is 4.90 Å². The lowest BCUT2D eigenvalue weighted by Gasteiger charge is -2.38. The molecule has 0 radical (unpaired) electrons. The largest absolute Gasteiger partial charge is 0.497 e. The van der Waals surface area contributed by atoms with Crippen LogP contribution in [0.4, 0.5) is 5.69 Å². The minimum absolute atomic E-state index is 0.359. The predicted octanol–water partition coefficient (Wildman–Crippen LogP) is 1.68. The number of rotatable bonds is 5. The summed E-state index contributed by atoms with van der Waals surface area (Å²) in [5, 5.41) is 9.20. The lowest BCUT2D eigenvalue weighted by Crippen LogP contribution is -2.52. The standard InChI is InChI=1S/C15H22N2O3/c1-3-14(15(18)19)17-9-7-16(8-10-17)12-5-4-6-13(11-12)20-2/h4-6,11,14H,3,7-10H2,1-2H3,(H,18,19)/t14-/m1/s1. The summed E-state index contributed by atoms with van der Waals surface area (Å²) in [6.45, 7) is 5.17. The quantitative estimate of drug-likeness (QED) is 0.888. The molecule has 5 nitrogen and oxygen atoms in total. The average Bonchev–Trinajstić information content (AvgIpc) is 2.48. The fraction of sp³-hybridized carbons (Fsp3) is 0.533. The Kier molecular flexibility index (Phi) is 4.84. The maximum absolute atomic E-state index is 11.2. The Balaban J connectivity index is 1.98. The van der Waals surface area contributed by atoms with Crippen LogP contribution in [0.15, 0.2) is 24.3 Å². The molecule has 1 saturated heterocycles. The van der Waals surface area contributed by atoms with Crippen LogP contribution in [0.1, 0.15) is 13.3 Å². The van der Waals surface area contributed by atoms with Gasteiger partial charge in [-0.1, -0.05) is 13.0 Å². The molecule has 1 atom stereocenters. The molecule has 1 heterocycles. The van der Waals surface area contributed by atoms with E-state index in [1.807, 2.05) is 25.1 Å². The van der Waals surface area contributed by atoms with Gasteiger partial charge in [0.2, 0.25) is 0 Å². The van der Waals surface area contributed by atoms with Crippen LogP contribution in [0.2, 0.25) is 0 Å². The highest BCUT2D eigenvalue weighted by Crippen LogP contribution is 2.22. The number of piperazine rings is 1. The molecule has 0 aliphatic carbocycles. The SMILES string of the molecule is CC[C@H](C(=O)O)N1CCN(c2cccc(OC)c2)CC1. The minimum Gasteiger partial charge on any atom is -0.497 e. The summed E-state index contributed by atoms with van der Waals surface area (Å²) in [6, 6.07) is 7.63. The maximum Gasteiger partial charge on any atom is 0.320 e. The van der Waals surface area contributed by atoms with E-state index in [1.165, 1.54) is 0 Å². The third-order valence-corrected chi connectivity index (χ3v) is 3.85. The summed E-state index contributed by atoms with van der Waals surface area (Å²) in [5.41, 5.74) is 1.13. The van der Waals surface area contributed by atoms with Gasteiger partial charge in [0.25, 0.3) is 0 Å². The first-order chi connectivity index (χ1) is 9.65. The lowest BCUT2D eigenvalue weighted by atomic mass is 10.1. The summed E-state index contributed by atoms with van der Waals surface area (Å²) in [7, 11) is 1.66. The van der Waals surface area contributed by atoms with E-state index in [1.54, 1.807) is 7.11 Å². The zero-order valence-corrected chi connectivity index (χ0v) is 12.1. The molecule has 0 bridgehead atoms. The maximum atomic E-state index is 11.2. The van der Waals surface area contributed by atoms with Crippen molar-refractivity contribution in [3.8, 4) is 5.75 Å². The Hall–Kier alpha value is -1.75. The number of methoxy groups -OCH3 is 1. The Morgan fingerprint density at radius 3 is 2.60 bits per heavy atom. The summed E-state index contributed by atoms with van der Waals surface area (Å²) >= 11 is 0. The molecule has 0 unspecified atom stereocenters. The zero-order chi connectivity index (χ0) is 14.5. The Morgan fingerprint density at radius 2 is 2.05 bits per heavy atom. The zero-order valence-electron chi connectivity index (χ0n) is 12.1. The van der Waals surface area contributed by atoms with Crippen molar-refractivity contribution >= 4 is 11.7 Å². The summed E-state index contributed by atoms with van der Waals surface area (Å²) < 4.78 is 5.24. The molecule has 0 spiro atoms. The van der Waals surface area contributed by atoms with Crippen LogP contribution in [0, 0.1) is 0 Å². The number of hydrogen-bond donors (Lipinski definition) is 1. The molecule has 1 aromatic carbocycles. The van der Waals surface area contributed by atoms with E-state index in [2.05, 4.69) is 15.9 Å². The second-order valence-electron chi connectivity index (χ2n) is 4.99. The number of carbonyl (C=O) groups is 1. The summed E-state index contributed by atoms with van der Waals surface area (Å²) in [6.07, 6.45) is 0.647. The number of ether oxygens (including phenoxy) is 1. The summed E-state index contributed by atoms with van der Waals surface area (Å²) in [4.78, 5) is 15.5. The van der Waals surface area contributed by atoms with Crippen LogP contribution in [0.3, 0.4) is 0 Å². The van der Waals surface area contributed by atoms with Gasteiger partial charge in [-0.25, -0.2) is 0 Å². The molecule has 5 heteroatoms. The minimum atomic E-state index is -0.720. The van der Waals surface area contributed by atoms with Crippen molar-refractivity contribution in [3.05, 3.63) is 24.3 Å². The molecule has 0 amide bonds. The Labute approximate surface area is 119 Å². The van der Waals surface area contributed by atoms with Crippen LogP contribution >= 0.6 is 0 Å². The number of nitrogens with zero attached hydrogens (tertiary/aromatic N) is 2. The fourth-order valence-electron chi connectivity index (χ4n) is 2.69. The van der Waals surface area contributed by atoms with Crippen molar-refractivity contribution in [1.29, 1.82) is 0 Å². The monoisotopic (exact) mass is 278 g/mol. The van der Waals surface area contributed by atoms with Crippen molar-refractivity contribution < 1.29 is 14.6 Å². The van der Waals surface area contributed by atoms with Crippen LogP contribution < -0.4 is 9.64 Å². The number of carboxylic acids is 1. The molecule has 1 aromatic rings. The van der Waals surface area contributed by atoms with E-state index in [0.29, 0.717) is 6.42 Å².